The van der Waals surface area contributed by atoms with Crippen LogP contribution >= 0.6 is 0 Å². The maximum absolute atomic E-state index is 13.3. The summed E-state index contributed by atoms with van der Waals surface area (Å²) in [4.78, 5) is 77.9. The van der Waals surface area contributed by atoms with Crippen LogP contribution in [-0.2, 0) is 72.6 Å². The van der Waals surface area contributed by atoms with Gasteiger partial charge in [-0.2, -0.15) is 52.7 Å². The van der Waals surface area contributed by atoms with Crippen LogP contribution in [0.1, 0.15) is 141 Å². The van der Waals surface area contributed by atoms with Crippen molar-refractivity contribution in [2.24, 2.45) is 0 Å². The van der Waals surface area contributed by atoms with E-state index in [-0.39, 0.29) is 43.1 Å². The molecule has 4 amide bonds. The number of alkyl halides is 12. The Morgan fingerprint density at radius 3 is 1.27 bits per heavy atom. The molecule has 484 valence electrons. The van der Waals surface area contributed by atoms with E-state index in [0.29, 0.717) is 66.6 Å². The minimum Gasteiger partial charge on any atom is -0.478 e. The summed E-state index contributed by atoms with van der Waals surface area (Å²) in [6.07, 6.45) is -15.4. The number of allylic oxidation sites excluding steroid dienone is 1. The Bertz CT molecular complexity index is 3500. The van der Waals surface area contributed by atoms with E-state index in [2.05, 4.69) is 10.6 Å². The summed E-state index contributed by atoms with van der Waals surface area (Å²) in [5.74, 6) is -3.69. The molecular formula is C63H62F13N5O9. The van der Waals surface area contributed by atoms with Crippen molar-refractivity contribution >= 4 is 65.0 Å². The minimum atomic E-state index is -5.09. The third-order valence-corrected chi connectivity index (χ3v) is 13.7. The van der Waals surface area contributed by atoms with Gasteiger partial charge in [-0.3, -0.25) is 14.4 Å². The predicted molar refractivity (Wildman–Crippen MR) is 306 cm³/mol. The Kier molecular flexibility index (Phi) is 21.7. The van der Waals surface area contributed by atoms with Crippen LogP contribution < -0.4 is 16.4 Å². The number of carboxylic acids is 1. The quantitative estimate of drug-likeness (QED) is 0.0419. The van der Waals surface area contributed by atoms with Crippen LogP contribution in [0.5, 0.6) is 0 Å². The Labute approximate surface area is 507 Å². The SMILES string of the molecule is CC(C)(C)OC(=O)N(CCC(=O)Nc1cc(C(F)(F)F)cc(C(F)(F)F)c1)C1CCc2cc(/C=C/C(=O)Cc3ccc(F)cc3N)ccc21.CC(C)(C)OC(=O)N(CCC(=O)Nc1cc(C(F)(F)F)cc(C(F)(F)F)c1)C1CCc2cc(/C=C/C(=O)O)ccc21. The third kappa shape index (κ3) is 20.3. The number of fused-ring (bicyclic) bond motifs is 2. The standard InChI is InChI=1S/C35H34F7N3O4.C28H28F6N2O5/c1-33(2,3)49-32(48)45(13-12-31(47)44-26-17-23(34(37,38)39)16-24(18-26)35(40,41)42)30-11-7-21-14-20(5-10-28(21)30)4-9-27(46)15-22-6-8-25(36)19-29(22)43;1-26(2,3)41-25(40)36(22-8-6-17-12-16(4-7-21(17)22)5-9-24(38)39)11-10-23(37)35-20-14-18(27(29,30)31)13-19(15-20)28(32,33)34/h4-6,8-10,14,16-19,30H,7,11-13,15,43H2,1-3H3,(H,44,47);4-5,7,9,12-15,22H,6,8,10-11H2,1-3H3,(H,35,37)(H,38,39)/b9-4+;9-5+. The monoisotopic (exact) mass is 1280 g/mol. The normalized spacial score (nSPS) is 15.1. The van der Waals surface area contributed by atoms with Crippen molar-refractivity contribution in [2.75, 3.05) is 29.5 Å². The maximum atomic E-state index is 13.3. The number of carbonyl (C=O) groups excluding carboxylic acids is 5. The number of rotatable bonds is 16. The van der Waals surface area contributed by atoms with Crippen molar-refractivity contribution in [3.05, 3.63) is 170 Å². The van der Waals surface area contributed by atoms with E-state index in [0.717, 1.165) is 34.4 Å². The van der Waals surface area contributed by atoms with Crippen molar-refractivity contribution in [2.45, 2.75) is 134 Å². The van der Waals surface area contributed by atoms with Crippen molar-refractivity contribution in [1.29, 1.82) is 0 Å². The van der Waals surface area contributed by atoms with Crippen LogP contribution in [0.4, 0.5) is 83.7 Å². The number of nitrogens with two attached hydrogens (primary N) is 1. The fourth-order valence-electron chi connectivity index (χ4n) is 9.75. The Hall–Kier alpha value is -8.91. The molecule has 90 heavy (non-hydrogen) atoms. The number of hydrogen-bond donors (Lipinski definition) is 4. The summed E-state index contributed by atoms with van der Waals surface area (Å²) in [5, 5.41) is 13.0. The van der Waals surface area contributed by atoms with Crippen LogP contribution in [-0.4, -0.2) is 75.0 Å². The van der Waals surface area contributed by atoms with Crippen LogP contribution in [0.3, 0.4) is 0 Å². The molecule has 5 aromatic carbocycles. The number of carboxylic acid groups (broad SMARTS) is 1. The maximum Gasteiger partial charge on any atom is 0.416 e. The highest BCUT2D eigenvalue weighted by molar-refractivity contribution is 5.96. The van der Waals surface area contributed by atoms with Crippen molar-refractivity contribution in [3.63, 3.8) is 0 Å². The lowest BCUT2D eigenvalue weighted by Crippen LogP contribution is -2.40. The molecule has 0 saturated carbocycles. The molecule has 0 aromatic heterocycles. The van der Waals surface area contributed by atoms with Crippen molar-refractivity contribution < 1.29 is 100 Å². The second-order valence-corrected chi connectivity index (χ2v) is 23.0. The number of ether oxygens (including phenoxy) is 2. The largest absolute Gasteiger partial charge is 0.478 e. The molecule has 7 rings (SSSR count). The number of anilines is 3. The predicted octanol–water partition coefficient (Wildman–Crippen LogP) is 15.6. The Morgan fingerprint density at radius 2 is 0.922 bits per heavy atom. The Balaban J connectivity index is 0.000000291. The molecule has 27 heteroatoms. The molecule has 0 bridgehead atoms. The molecule has 2 aliphatic rings. The number of aryl methyl sites for hydroxylation is 2. The van der Waals surface area contributed by atoms with Crippen LogP contribution in [0.25, 0.3) is 12.2 Å². The van der Waals surface area contributed by atoms with Crippen molar-refractivity contribution in [3.8, 4) is 0 Å². The number of carbonyl (C=O) groups is 6. The number of nitrogen functional groups attached to an aromatic ring is 1. The van der Waals surface area contributed by atoms with Gasteiger partial charge in [-0.1, -0.05) is 48.5 Å². The minimum absolute atomic E-state index is 0.0225. The highest BCUT2D eigenvalue weighted by Crippen LogP contribution is 2.42. The van der Waals surface area contributed by atoms with E-state index in [1.807, 2.05) is 6.07 Å². The first-order chi connectivity index (χ1) is 41.5. The topological polar surface area (TPSA) is 198 Å². The first-order valence-electron chi connectivity index (χ1n) is 27.6. The summed E-state index contributed by atoms with van der Waals surface area (Å²) in [6, 6.07) is 14.8. The fraction of sp³-hybridized carbons (Fsp3) is 0.365. The summed E-state index contributed by atoms with van der Waals surface area (Å²) in [6.45, 7) is 9.38. The van der Waals surface area contributed by atoms with Gasteiger partial charge in [0, 0.05) is 55.5 Å². The first-order valence-corrected chi connectivity index (χ1v) is 27.6. The van der Waals surface area contributed by atoms with E-state index in [4.69, 9.17) is 20.3 Å². The highest BCUT2D eigenvalue weighted by Gasteiger charge is 2.40. The Morgan fingerprint density at radius 1 is 0.544 bits per heavy atom. The second-order valence-electron chi connectivity index (χ2n) is 23.0. The van der Waals surface area contributed by atoms with E-state index in [9.17, 15) is 85.8 Å². The summed E-state index contributed by atoms with van der Waals surface area (Å²) < 4.78 is 183. The zero-order valence-corrected chi connectivity index (χ0v) is 49.1. The number of ketones is 1. The molecule has 0 heterocycles. The van der Waals surface area contributed by atoms with Crippen molar-refractivity contribution in [1.82, 2.24) is 9.80 Å². The molecule has 0 spiro atoms. The molecule has 2 aliphatic carbocycles. The van der Waals surface area contributed by atoms with Gasteiger partial charge in [0.1, 0.15) is 17.0 Å². The van der Waals surface area contributed by atoms with E-state index in [1.165, 1.54) is 34.1 Å². The van der Waals surface area contributed by atoms with Gasteiger partial charge >= 0.3 is 42.9 Å². The van der Waals surface area contributed by atoms with Crippen LogP contribution in [0.2, 0.25) is 0 Å². The summed E-state index contributed by atoms with van der Waals surface area (Å²) in [7, 11) is 0. The smallest absolute Gasteiger partial charge is 0.416 e. The highest BCUT2D eigenvalue weighted by atomic mass is 19.4. The zero-order valence-electron chi connectivity index (χ0n) is 49.1. The molecule has 0 fully saturated rings. The lowest BCUT2D eigenvalue weighted by atomic mass is 10.0. The zero-order chi connectivity index (χ0) is 67.1. The number of nitrogens with zero attached hydrogens (tertiary/aromatic N) is 2. The van der Waals surface area contributed by atoms with Gasteiger partial charge in [0.2, 0.25) is 11.8 Å². The van der Waals surface area contributed by atoms with Gasteiger partial charge < -0.3 is 40.7 Å². The number of hydrogen-bond acceptors (Lipinski definition) is 9. The number of aliphatic carboxylic acids is 1. The summed E-state index contributed by atoms with van der Waals surface area (Å²) >= 11 is 0. The lowest BCUT2D eigenvalue weighted by Gasteiger charge is -2.32. The number of nitrogens with one attached hydrogen (secondary N) is 2. The number of halogens is 13. The lowest BCUT2D eigenvalue weighted by molar-refractivity contribution is -0.144. The van der Waals surface area contributed by atoms with Gasteiger partial charge in [-0.15, -0.1) is 0 Å². The van der Waals surface area contributed by atoms with Crippen LogP contribution in [0, 0.1) is 5.82 Å². The van der Waals surface area contributed by atoms with Crippen LogP contribution in [0.15, 0.2) is 103 Å². The second kappa shape index (κ2) is 27.9. The van der Waals surface area contributed by atoms with E-state index >= 15 is 0 Å². The van der Waals surface area contributed by atoms with Gasteiger partial charge in [-0.05, 0) is 167 Å². The molecule has 2 unspecified atom stereocenters. The molecule has 0 saturated heterocycles. The number of amides is 4. The third-order valence-electron chi connectivity index (χ3n) is 13.7. The average molecular weight is 1280 g/mol. The van der Waals surface area contributed by atoms with Gasteiger partial charge in [-0.25, -0.2) is 18.8 Å². The van der Waals surface area contributed by atoms with E-state index in [1.54, 1.807) is 78.0 Å². The molecule has 5 N–H and O–H groups in total. The summed E-state index contributed by atoms with van der Waals surface area (Å²) in [5.41, 5.74) is 1.52. The van der Waals surface area contributed by atoms with Gasteiger partial charge in [0.15, 0.2) is 5.78 Å². The average Bonchev–Trinajstić information content (AvgIpc) is 1.55. The molecular weight excluding hydrogens is 1220 g/mol. The molecule has 14 nitrogen and oxygen atoms in total. The molecule has 2 atom stereocenters. The molecule has 0 radical (unpaired) electrons. The number of benzene rings is 5. The first kappa shape index (κ1) is 70.2. The van der Waals surface area contributed by atoms with E-state index < -0.39 is 130 Å². The van der Waals surface area contributed by atoms with Gasteiger partial charge in [0.05, 0.1) is 34.3 Å². The molecule has 5 aromatic rings. The molecule has 0 aliphatic heterocycles. The fourth-order valence-corrected chi connectivity index (χ4v) is 9.75. The van der Waals surface area contributed by atoms with Gasteiger partial charge in [0.25, 0.3) is 0 Å².